The fraction of sp³-hybridized carbons (Fsp3) is 0.571. The first-order valence-corrected chi connectivity index (χ1v) is 6.24. The van der Waals surface area contributed by atoms with Crippen LogP contribution in [0.1, 0.15) is 36.8 Å². The van der Waals surface area contributed by atoms with Gasteiger partial charge in [-0.05, 0) is 43.4 Å². The maximum absolute atomic E-state index is 2.70. The van der Waals surface area contributed by atoms with Crippen LogP contribution in [0.15, 0.2) is 24.3 Å². The number of rotatable bonds is 0. The lowest BCUT2D eigenvalue weighted by Crippen LogP contribution is -2.37. The molecule has 0 amide bonds. The molecule has 0 radical (unpaired) electrons. The Kier molecular flexibility index (Phi) is 2.49. The molecule has 3 rings (SSSR count). The van der Waals surface area contributed by atoms with E-state index in [0.717, 1.165) is 6.04 Å². The summed E-state index contributed by atoms with van der Waals surface area (Å²) in [7, 11) is 0. The van der Waals surface area contributed by atoms with Gasteiger partial charge in [0.15, 0.2) is 0 Å². The molecule has 1 atom stereocenters. The SMILES string of the molecule is c1ccc2c(c1)CCC1CCCCN1C2. The summed E-state index contributed by atoms with van der Waals surface area (Å²) in [6, 6.07) is 9.86. The van der Waals surface area contributed by atoms with Gasteiger partial charge in [-0.1, -0.05) is 30.7 Å². The monoisotopic (exact) mass is 201 g/mol. The third-order valence-corrected chi connectivity index (χ3v) is 3.99. The van der Waals surface area contributed by atoms with Gasteiger partial charge in [0.05, 0.1) is 0 Å². The normalized spacial score (nSPS) is 26.5. The van der Waals surface area contributed by atoms with Crippen LogP contribution in [-0.2, 0) is 13.0 Å². The van der Waals surface area contributed by atoms with Gasteiger partial charge in [0, 0.05) is 12.6 Å². The molecule has 0 saturated carbocycles. The van der Waals surface area contributed by atoms with Gasteiger partial charge in [-0.3, -0.25) is 4.90 Å². The Labute approximate surface area is 92.1 Å². The number of benzene rings is 1. The smallest absolute Gasteiger partial charge is 0.0239 e. The molecule has 0 aliphatic carbocycles. The van der Waals surface area contributed by atoms with Crippen LogP contribution in [0.2, 0.25) is 0 Å². The molecule has 1 aromatic rings. The Hall–Kier alpha value is -0.820. The lowest BCUT2D eigenvalue weighted by molar-refractivity contribution is 0.138. The summed E-state index contributed by atoms with van der Waals surface area (Å²) < 4.78 is 0. The zero-order valence-corrected chi connectivity index (χ0v) is 9.28. The van der Waals surface area contributed by atoms with Gasteiger partial charge in [-0.25, -0.2) is 0 Å². The summed E-state index contributed by atoms with van der Waals surface area (Å²) in [5.74, 6) is 0. The fourth-order valence-corrected chi connectivity index (χ4v) is 3.09. The van der Waals surface area contributed by atoms with Gasteiger partial charge >= 0.3 is 0 Å². The molecule has 0 bridgehead atoms. The first kappa shape index (κ1) is 9.41. The summed E-state index contributed by atoms with van der Waals surface area (Å²) in [6.45, 7) is 2.51. The Morgan fingerprint density at radius 2 is 1.87 bits per heavy atom. The number of fused-ring (bicyclic) bond motifs is 2. The van der Waals surface area contributed by atoms with E-state index < -0.39 is 0 Å². The van der Waals surface area contributed by atoms with Gasteiger partial charge in [0.25, 0.3) is 0 Å². The van der Waals surface area contributed by atoms with Gasteiger partial charge in [0.1, 0.15) is 0 Å². The summed E-state index contributed by atoms with van der Waals surface area (Å²) in [6.07, 6.45) is 6.93. The summed E-state index contributed by atoms with van der Waals surface area (Å²) >= 11 is 0. The van der Waals surface area contributed by atoms with Crippen molar-refractivity contribution < 1.29 is 0 Å². The zero-order chi connectivity index (χ0) is 10.1. The highest BCUT2D eigenvalue weighted by atomic mass is 15.2. The highest BCUT2D eigenvalue weighted by Gasteiger charge is 2.25. The molecule has 0 N–H and O–H groups in total. The lowest BCUT2D eigenvalue weighted by atomic mass is 9.98. The van der Waals surface area contributed by atoms with E-state index in [4.69, 9.17) is 0 Å². The third-order valence-electron chi connectivity index (χ3n) is 3.99. The van der Waals surface area contributed by atoms with Crippen molar-refractivity contribution in [3.05, 3.63) is 35.4 Å². The Morgan fingerprint density at radius 3 is 2.80 bits per heavy atom. The number of aryl methyl sites for hydroxylation is 1. The van der Waals surface area contributed by atoms with Gasteiger partial charge in [-0.2, -0.15) is 0 Å². The van der Waals surface area contributed by atoms with Crippen LogP contribution < -0.4 is 0 Å². The highest BCUT2D eigenvalue weighted by molar-refractivity contribution is 5.28. The van der Waals surface area contributed by atoms with Crippen LogP contribution in [0.4, 0.5) is 0 Å². The molecule has 1 heteroatoms. The zero-order valence-electron chi connectivity index (χ0n) is 9.28. The van der Waals surface area contributed by atoms with E-state index in [1.807, 2.05) is 0 Å². The van der Waals surface area contributed by atoms with E-state index in [-0.39, 0.29) is 0 Å². The summed E-state index contributed by atoms with van der Waals surface area (Å²) in [4.78, 5) is 2.70. The molecule has 2 aliphatic rings. The molecule has 15 heavy (non-hydrogen) atoms. The van der Waals surface area contributed by atoms with E-state index in [0.29, 0.717) is 0 Å². The van der Waals surface area contributed by atoms with Crippen LogP contribution >= 0.6 is 0 Å². The topological polar surface area (TPSA) is 3.24 Å². The quantitative estimate of drug-likeness (QED) is 0.623. The van der Waals surface area contributed by atoms with Crippen LogP contribution in [0.5, 0.6) is 0 Å². The van der Waals surface area contributed by atoms with Crippen molar-refractivity contribution in [1.29, 1.82) is 0 Å². The largest absolute Gasteiger partial charge is 0.296 e. The molecule has 80 valence electrons. The van der Waals surface area contributed by atoms with Gasteiger partial charge < -0.3 is 0 Å². The molecule has 2 heterocycles. The molecule has 1 unspecified atom stereocenters. The Balaban J connectivity index is 1.88. The van der Waals surface area contributed by atoms with Crippen molar-refractivity contribution in [1.82, 2.24) is 4.90 Å². The van der Waals surface area contributed by atoms with E-state index in [1.165, 1.54) is 45.2 Å². The van der Waals surface area contributed by atoms with E-state index in [1.54, 1.807) is 11.1 Å². The first-order chi connectivity index (χ1) is 7.43. The van der Waals surface area contributed by atoms with Crippen LogP contribution in [0.25, 0.3) is 0 Å². The second-order valence-corrected chi connectivity index (χ2v) is 4.93. The van der Waals surface area contributed by atoms with Crippen molar-refractivity contribution in [3.63, 3.8) is 0 Å². The molecular weight excluding hydrogens is 182 g/mol. The number of hydrogen-bond donors (Lipinski definition) is 0. The second-order valence-electron chi connectivity index (χ2n) is 4.93. The minimum absolute atomic E-state index is 0.867. The maximum Gasteiger partial charge on any atom is 0.0239 e. The van der Waals surface area contributed by atoms with Crippen molar-refractivity contribution in [2.75, 3.05) is 6.54 Å². The lowest BCUT2D eigenvalue weighted by Gasteiger charge is -2.34. The van der Waals surface area contributed by atoms with Crippen molar-refractivity contribution in [2.45, 2.75) is 44.7 Å². The van der Waals surface area contributed by atoms with Gasteiger partial charge in [-0.15, -0.1) is 0 Å². The maximum atomic E-state index is 2.70. The molecule has 0 spiro atoms. The molecular formula is C14H19N. The third kappa shape index (κ3) is 1.81. The number of piperidine rings is 1. The molecule has 1 saturated heterocycles. The minimum Gasteiger partial charge on any atom is -0.296 e. The minimum atomic E-state index is 0.867. The van der Waals surface area contributed by atoms with E-state index >= 15 is 0 Å². The van der Waals surface area contributed by atoms with E-state index in [9.17, 15) is 0 Å². The standard InChI is InChI=1S/C14H19N/c1-2-6-13-11-15-10-4-3-7-14(15)9-8-12(13)5-1/h1-2,5-6,14H,3-4,7-11H2. The number of hydrogen-bond acceptors (Lipinski definition) is 1. The van der Waals surface area contributed by atoms with Crippen molar-refractivity contribution in [2.24, 2.45) is 0 Å². The van der Waals surface area contributed by atoms with Crippen molar-refractivity contribution in [3.8, 4) is 0 Å². The van der Waals surface area contributed by atoms with Crippen molar-refractivity contribution >= 4 is 0 Å². The average molecular weight is 201 g/mol. The number of nitrogens with zero attached hydrogens (tertiary/aromatic N) is 1. The molecule has 2 aliphatic heterocycles. The summed E-state index contributed by atoms with van der Waals surface area (Å²) in [5, 5.41) is 0. The predicted octanol–water partition coefficient (Wildman–Crippen LogP) is 2.99. The fourth-order valence-electron chi connectivity index (χ4n) is 3.09. The highest BCUT2D eigenvalue weighted by Crippen LogP contribution is 2.28. The Bertz CT molecular complexity index is 345. The van der Waals surface area contributed by atoms with Crippen LogP contribution in [-0.4, -0.2) is 17.5 Å². The van der Waals surface area contributed by atoms with E-state index in [2.05, 4.69) is 29.2 Å². The molecule has 0 aromatic heterocycles. The summed E-state index contributed by atoms with van der Waals surface area (Å²) in [5.41, 5.74) is 3.16. The predicted molar refractivity (Wildman–Crippen MR) is 62.8 cm³/mol. The second kappa shape index (κ2) is 3.97. The van der Waals surface area contributed by atoms with Crippen LogP contribution in [0, 0.1) is 0 Å². The average Bonchev–Trinajstić information content (AvgIpc) is 2.48. The molecule has 1 nitrogen and oxygen atoms in total. The molecule has 1 aromatic carbocycles. The van der Waals surface area contributed by atoms with Crippen LogP contribution in [0.3, 0.4) is 0 Å². The molecule has 1 fully saturated rings. The van der Waals surface area contributed by atoms with Gasteiger partial charge in [0.2, 0.25) is 0 Å². The first-order valence-electron chi connectivity index (χ1n) is 6.24. The Morgan fingerprint density at radius 1 is 1.00 bits per heavy atom.